The van der Waals surface area contributed by atoms with E-state index in [9.17, 15) is 0 Å². The lowest BCUT2D eigenvalue weighted by Gasteiger charge is -1.95. The summed E-state index contributed by atoms with van der Waals surface area (Å²) in [6, 6.07) is 0. The Morgan fingerprint density at radius 2 is 1.85 bits per heavy atom. The Morgan fingerprint density at radius 3 is 2.54 bits per heavy atom. The molecule has 0 N–H and O–H groups in total. The lowest BCUT2D eigenvalue weighted by molar-refractivity contribution is 0.753. The Bertz CT molecular complexity index is 161. The molecule has 0 unspecified atom stereocenters. The Labute approximate surface area is 84.1 Å². The van der Waals surface area contributed by atoms with Gasteiger partial charge in [-0.2, -0.15) is 0 Å². The molecule has 0 nitrogen and oxygen atoms in total. The summed E-state index contributed by atoms with van der Waals surface area (Å²) in [5.41, 5.74) is 1.26. The zero-order valence-electron chi connectivity index (χ0n) is 8.34. The van der Waals surface area contributed by atoms with Crippen molar-refractivity contribution >= 4 is 0 Å². The van der Waals surface area contributed by atoms with Gasteiger partial charge in [0.2, 0.25) is 0 Å². The molecule has 1 rings (SSSR count). The smallest absolute Gasteiger partial charge is 0.0285 e. The molecule has 0 aromatic rings. The molecule has 0 spiro atoms. The van der Waals surface area contributed by atoms with E-state index in [1.807, 2.05) is 13.8 Å². The minimum atomic E-state index is 0. The zero-order chi connectivity index (χ0) is 9.23. The molecule has 0 aromatic heterocycles. The van der Waals surface area contributed by atoms with Gasteiger partial charge in [-0.25, -0.2) is 0 Å². The van der Waals surface area contributed by atoms with Crippen molar-refractivity contribution in [2.75, 3.05) is 0 Å². The van der Waals surface area contributed by atoms with Gasteiger partial charge in [-0.3, -0.25) is 0 Å². The Morgan fingerprint density at radius 1 is 1.15 bits per heavy atom. The third kappa shape index (κ3) is 9.13. The number of hydrogen-bond donors (Lipinski definition) is 0. The van der Waals surface area contributed by atoms with Crippen LogP contribution in [0.4, 0.5) is 0 Å². The van der Waals surface area contributed by atoms with Crippen LogP contribution in [0.3, 0.4) is 0 Å². The Kier molecular flexibility index (Phi) is 12.7. The fourth-order valence-corrected chi connectivity index (χ4v) is 1.06. The van der Waals surface area contributed by atoms with Crippen LogP contribution in [0, 0.1) is 0 Å². The fraction of sp³-hybridized carbons (Fsp3) is 0.538. The van der Waals surface area contributed by atoms with E-state index < -0.39 is 0 Å². The van der Waals surface area contributed by atoms with Crippen LogP contribution in [-0.4, -0.2) is 0 Å². The molecule has 0 radical (unpaired) electrons. The summed E-state index contributed by atoms with van der Waals surface area (Å²) in [5, 5.41) is 0. The monoisotopic (exact) mass is 180 g/mol. The van der Waals surface area contributed by atoms with E-state index in [0.29, 0.717) is 0 Å². The normalized spacial score (nSPS) is 20.6. The number of allylic oxidation sites excluding steroid dienone is 5. The van der Waals surface area contributed by atoms with Crippen LogP contribution >= 0.6 is 0 Å². The van der Waals surface area contributed by atoms with Gasteiger partial charge in [-0.15, -0.1) is 0 Å². The zero-order valence-corrected chi connectivity index (χ0v) is 8.34. The minimum absolute atomic E-state index is 0. The predicted molar refractivity (Wildman–Crippen MR) is 64.0 cm³/mol. The topological polar surface area (TPSA) is 0 Å². The highest BCUT2D eigenvalue weighted by Crippen LogP contribution is 2.10. The van der Waals surface area contributed by atoms with Gasteiger partial charge in [0.05, 0.1) is 0 Å². The van der Waals surface area contributed by atoms with Crippen molar-refractivity contribution in [1.82, 2.24) is 0 Å². The highest BCUT2D eigenvalue weighted by atomic mass is 14.0. The molecule has 0 saturated heterocycles. The summed E-state index contributed by atoms with van der Waals surface area (Å²) in [6.07, 6.45) is 13.5. The van der Waals surface area contributed by atoms with Gasteiger partial charge in [0.1, 0.15) is 0 Å². The van der Waals surface area contributed by atoms with Crippen molar-refractivity contribution in [3.05, 3.63) is 36.5 Å². The first-order chi connectivity index (χ1) is 5.89. The van der Waals surface area contributed by atoms with Crippen LogP contribution < -0.4 is 0 Å². The van der Waals surface area contributed by atoms with E-state index in [1.54, 1.807) is 0 Å². The molecule has 0 atom stereocenters. The number of rotatable bonds is 0. The average Bonchev–Trinajstić information content (AvgIpc) is 2.22. The van der Waals surface area contributed by atoms with E-state index >= 15 is 0 Å². The molecule has 1 aliphatic carbocycles. The lowest BCUT2D eigenvalue weighted by Crippen LogP contribution is -1.76. The van der Waals surface area contributed by atoms with E-state index in [4.69, 9.17) is 0 Å². The van der Waals surface area contributed by atoms with Crippen LogP contribution in [0.25, 0.3) is 0 Å². The first-order valence-corrected chi connectivity index (χ1v) is 4.90. The summed E-state index contributed by atoms with van der Waals surface area (Å²) in [6.45, 7) is 7.94. The molecular formula is C13H24. The minimum Gasteiger partial charge on any atom is -0.0958 e. The van der Waals surface area contributed by atoms with Crippen molar-refractivity contribution in [1.29, 1.82) is 0 Å². The fourth-order valence-electron chi connectivity index (χ4n) is 1.06. The van der Waals surface area contributed by atoms with Crippen LogP contribution in [0.15, 0.2) is 36.5 Å². The van der Waals surface area contributed by atoms with E-state index in [2.05, 4.69) is 30.9 Å². The third-order valence-corrected chi connectivity index (χ3v) is 1.70. The van der Waals surface area contributed by atoms with E-state index in [-0.39, 0.29) is 7.43 Å². The summed E-state index contributed by atoms with van der Waals surface area (Å²) in [7, 11) is 0. The van der Waals surface area contributed by atoms with Crippen molar-refractivity contribution in [2.45, 2.75) is 47.0 Å². The molecule has 1 aliphatic rings. The summed E-state index contributed by atoms with van der Waals surface area (Å²) in [5.74, 6) is 0. The van der Waals surface area contributed by atoms with Gasteiger partial charge in [0.25, 0.3) is 0 Å². The van der Waals surface area contributed by atoms with Gasteiger partial charge in [0, 0.05) is 0 Å². The first kappa shape index (κ1) is 14.7. The molecule has 0 heteroatoms. The third-order valence-electron chi connectivity index (χ3n) is 1.70. The van der Waals surface area contributed by atoms with Gasteiger partial charge >= 0.3 is 0 Å². The molecule has 0 fully saturated rings. The molecule has 0 aliphatic heterocycles. The van der Waals surface area contributed by atoms with E-state index in [0.717, 1.165) is 6.42 Å². The van der Waals surface area contributed by atoms with Gasteiger partial charge in [0.15, 0.2) is 0 Å². The maximum absolute atomic E-state index is 3.94. The molecule has 0 bridgehead atoms. The van der Waals surface area contributed by atoms with Crippen LogP contribution in [-0.2, 0) is 0 Å². The second-order valence-corrected chi connectivity index (χ2v) is 2.69. The summed E-state index contributed by atoms with van der Waals surface area (Å²) >= 11 is 0. The summed E-state index contributed by atoms with van der Waals surface area (Å²) < 4.78 is 0. The maximum atomic E-state index is 3.94. The van der Waals surface area contributed by atoms with Crippen LogP contribution in [0.2, 0.25) is 0 Å². The van der Waals surface area contributed by atoms with Crippen LogP contribution in [0.1, 0.15) is 47.0 Å². The van der Waals surface area contributed by atoms with Gasteiger partial charge in [-0.05, 0) is 25.7 Å². The molecule has 13 heavy (non-hydrogen) atoms. The van der Waals surface area contributed by atoms with Gasteiger partial charge < -0.3 is 0 Å². The Balaban J connectivity index is 0. The highest BCUT2D eigenvalue weighted by Gasteiger charge is 1.90. The van der Waals surface area contributed by atoms with Gasteiger partial charge in [-0.1, -0.05) is 57.7 Å². The van der Waals surface area contributed by atoms with Crippen LogP contribution in [0.5, 0.6) is 0 Å². The molecule has 0 heterocycles. The van der Waals surface area contributed by atoms with Crippen molar-refractivity contribution in [3.63, 3.8) is 0 Å². The molecule has 76 valence electrons. The average molecular weight is 180 g/mol. The van der Waals surface area contributed by atoms with Crippen molar-refractivity contribution in [2.24, 2.45) is 0 Å². The molecule has 0 amide bonds. The molecular weight excluding hydrogens is 156 g/mol. The van der Waals surface area contributed by atoms with Crippen molar-refractivity contribution < 1.29 is 0 Å². The second kappa shape index (κ2) is 11.2. The SMILES string of the molecule is C.C=C1/C=C\C=C/CCCC1.CC. The number of hydrogen-bond acceptors (Lipinski definition) is 0. The molecule has 0 aromatic carbocycles. The standard InChI is InChI=1S/C10H14.C2H6.CH4/c1-10-8-6-4-2-3-5-7-9-10;1-2;/h2,4,6,8H,1,3,5,7,9H2;1-2H3;1H4/b4-2-,8-6-;;. The van der Waals surface area contributed by atoms with Crippen molar-refractivity contribution in [3.8, 4) is 0 Å². The summed E-state index contributed by atoms with van der Waals surface area (Å²) in [4.78, 5) is 0. The molecule has 0 saturated carbocycles. The van der Waals surface area contributed by atoms with E-state index in [1.165, 1.54) is 24.8 Å². The predicted octanol–water partition coefficient (Wildman–Crippen LogP) is 4.89. The first-order valence-electron chi connectivity index (χ1n) is 4.90. The lowest BCUT2D eigenvalue weighted by atomic mass is 10.1. The Hall–Kier alpha value is -0.780. The quantitative estimate of drug-likeness (QED) is 0.498. The highest BCUT2D eigenvalue weighted by molar-refractivity contribution is 5.19. The maximum Gasteiger partial charge on any atom is -0.0285 e. The largest absolute Gasteiger partial charge is 0.0958 e. The second-order valence-electron chi connectivity index (χ2n) is 2.69.